The number of nitrogens with one attached hydrogen (secondary N) is 1. The van der Waals surface area contributed by atoms with Gasteiger partial charge < -0.3 is 19.7 Å². The van der Waals surface area contributed by atoms with Crippen LogP contribution >= 0.6 is 0 Å². The van der Waals surface area contributed by atoms with E-state index in [-0.39, 0.29) is 11.8 Å². The molecule has 2 amide bonds. The fourth-order valence-corrected chi connectivity index (χ4v) is 4.96. The van der Waals surface area contributed by atoms with E-state index < -0.39 is 0 Å². The van der Waals surface area contributed by atoms with Crippen LogP contribution < -0.4 is 5.32 Å². The molecule has 0 aliphatic carbocycles. The van der Waals surface area contributed by atoms with Gasteiger partial charge >= 0.3 is 6.03 Å². The van der Waals surface area contributed by atoms with Crippen LogP contribution in [-0.4, -0.2) is 78.7 Å². The number of benzene rings is 2. The summed E-state index contributed by atoms with van der Waals surface area (Å²) in [6.07, 6.45) is 5.50. The Labute approximate surface area is 200 Å². The van der Waals surface area contributed by atoms with Gasteiger partial charge in [-0.2, -0.15) is 0 Å². The number of hydrogen-bond donors (Lipinski definition) is 1. The SMILES string of the molecule is CN(C)Cc1ccc2c(c1)c(C1=CCN(CCN3CCNC3=O)CC1)cn2-c1ccc(F)cc1. The molecule has 0 bridgehead atoms. The van der Waals surface area contributed by atoms with E-state index in [1.54, 1.807) is 0 Å². The van der Waals surface area contributed by atoms with Gasteiger partial charge in [0.1, 0.15) is 5.82 Å². The molecule has 0 unspecified atom stereocenters. The molecular weight excluding hydrogens is 429 g/mol. The fourth-order valence-electron chi connectivity index (χ4n) is 4.96. The Morgan fingerprint density at radius 3 is 2.56 bits per heavy atom. The Morgan fingerprint density at radius 2 is 1.88 bits per heavy atom. The van der Waals surface area contributed by atoms with Crippen LogP contribution in [0.5, 0.6) is 0 Å². The van der Waals surface area contributed by atoms with Crippen molar-refractivity contribution in [2.24, 2.45) is 0 Å². The summed E-state index contributed by atoms with van der Waals surface area (Å²) in [6.45, 7) is 5.94. The second kappa shape index (κ2) is 9.60. The van der Waals surface area contributed by atoms with E-state index >= 15 is 0 Å². The molecular formula is C27H32FN5O. The van der Waals surface area contributed by atoms with Crippen molar-refractivity contribution in [1.29, 1.82) is 0 Å². The van der Waals surface area contributed by atoms with E-state index in [0.717, 1.165) is 63.4 Å². The van der Waals surface area contributed by atoms with Gasteiger partial charge in [0.2, 0.25) is 0 Å². The minimum Gasteiger partial charge on any atom is -0.336 e. The molecule has 0 saturated carbocycles. The van der Waals surface area contributed by atoms with E-state index in [2.05, 4.69) is 64.3 Å². The summed E-state index contributed by atoms with van der Waals surface area (Å²) in [5.41, 5.74) is 5.96. The van der Waals surface area contributed by atoms with E-state index in [4.69, 9.17) is 0 Å². The summed E-state index contributed by atoms with van der Waals surface area (Å²) in [5, 5.41) is 4.10. The van der Waals surface area contributed by atoms with Crippen LogP contribution in [-0.2, 0) is 6.54 Å². The van der Waals surface area contributed by atoms with Gasteiger partial charge in [-0.3, -0.25) is 4.90 Å². The summed E-state index contributed by atoms with van der Waals surface area (Å²) in [4.78, 5) is 18.3. The third-order valence-electron chi connectivity index (χ3n) is 6.74. The lowest BCUT2D eigenvalue weighted by atomic mass is 9.98. The highest BCUT2D eigenvalue weighted by Gasteiger charge is 2.22. The Balaban J connectivity index is 1.42. The van der Waals surface area contributed by atoms with Crippen molar-refractivity contribution in [3.8, 4) is 5.69 Å². The fraction of sp³-hybridized carbons (Fsp3) is 0.370. The summed E-state index contributed by atoms with van der Waals surface area (Å²) in [5.74, 6) is -0.227. The molecule has 5 rings (SSSR count). The van der Waals surface area contributed by atoms with Crippen LogP contribution in [0, 0.1) is 5.82 Å². The number of hydrogen-bond acceptors (Lipinski definition) is 3. The first-order valence-corrected chi connectivity index (χ1v) is 12.0. The molecule has 2 aliphatic rings. The monoisotopic (exact) mass is 461 g/mol. The van der Waals surface area contributed by atoms with Gasteiger partial charge in [-0.05, 0) is 68.1 Å². The summed E-state index contributed by atoms with van der Waals surface area (Å²) in [7, 11) is 4.16. The summed E-state index contributed by atoms with van der Waals surface area (Å²) < 4.78 is 15.7. The maximum absolute atomic E-state index is 13.6. The second-order valence-corrected chi connectivity index (χ2v) is 9.48. The molecule has 1 aromatic heterocycles. The normalized spacial score (nSPS) is 17.0. The van der Waals surface area contributed by atoms with Gasteiger partial charge in [-0.25, -0.2) is 9.18 Å². The zero-order valence-corrected chi connectivity index (χ0v) is 19.9. The standard InChI is InChI=1S/C27H32FN5O/c1-30(2)18-20-3-8-26-24(17-20)25(19-33(26)23-6-4-22(28)5-7-23)21-9-12-31(13-10-21)15-16-32-14-11-29-27(32)34/h3-9,17,19H,10-16,18H2,1-2H3,(H,29,34). The van der Waals surface area contributed by atoms with Crippen LogP contribution in [0.15, 0.2) is 54.7 Å². The number of urea groups is 1. The number of fused-ring (bicyclic) bond motifs is 1. The topological polar surface area (TPSA) is 43.8 Å². The van der Waals surface area contributed by atoms with Gasteiger partial charge in [0.15, 0.2) is 0 Å². The quantitative estimate of drug-likeness (QED) is 0.580. The van der Waals surface area contributed by atoms with E-state index in [1.807, 2.05) is 17.0 Å². The van der Waals surface area contributed by atoms with Crippen molar-refractivity contribution in [1.82, 2.24) is 24.6 Å². The van der Waals surface area contributed by atoms with E-state index in [1.165, 1.54) is 34.2 Å². The van der Waals surface area contributed by atoms with Crippen molar-refractivity contribution in [2.45, 2.75) is 13.0 Å². The van der Waals surface area contributed by atoms with Gasteiger partial charge in [-0.15, -0.1) is 0 Å². The lowest BCUT2D eigenvalue weighted by molar-refractivity contribution is 0.205. The summed E-state index contributed by atoms with van der Waals surface area (Å²) in [6, 6.07) is 13.4. The highest BCUT2D eigenvalue weighted by Crippen LogP contribution is 2.33. The van der Waals surface area contributed by atoms with Gasteiger partial charge in [0.25, 0.3) is 0 Å². The van der Waals surface area contributed by atoms with Gasteiger partial charge in [0.05, 0.1) is 5.52 Å². The number of halogens is 1. The van der Waals surface area contributed by atoms with Crippen molar-refractivity contribution in [2.75, 3.05) is 53.4 Å². The van der Waals surface area contributed by atoms with Crippen LogP contribution in [0.3, 0.4) is 0 Å². The highest BCUT2D eigenvalue weighted by atomic mass is 19.1. The number of nitrogens with zero attached hydrogens (tertiary/aromatic N) is 4. The van der Waals surface area contributed by atoms with Gasteiger partial charge in [0, 0.05) is 68.6 Å². The maximum Gasteiger partial charge on any atom is 0.317 e. The van der Waals surface area contributed by atoms with Crippen LogP contribution in [0.2, 0.25) is 0 Å². The minimum atomic E-state index is -0.227. The van der Waals surface area contributed by atoms with Crippen molar-refractivity contribution in [3.05, 3.63) is 71.7 Å². The molecule has 0 radical (unpaired) electrons. The number of aromatic nitrogens is 1. The minimum absolute atomic E-state index is 0.0513. The molecule has 0 atom stereocenters. The molecule has 2 aliphatic heterocycles. The molecule has 7 heteroatoms. The van der Waals surface area contributed by atoms with Crippen LogP contribution in [0.25, 0.3) is 22.2 Å². The second-order valence-electron chi connectivity index (χ2n) is 9.48. The molecule has 0 spiro atoms. The lowest BCUT2D eigenvalue weighted by Gasteiger charge is -2.28. The zero-order valence-electron chi connectivity index (χ0n) is 19.9. The van der Waals surface area contributed by atoms with Crippen molar-refractivity contribution < 1.29 is 9.18 Å². The first kappa shape index (κ1) is 22.6. The third-order valence-corrected chi connectivity index (χ3v) is 6.74. The Morgan fingerprint density at radius 1 is 1.06 bits per heavy atom. The molecule has 1 saturated heterocycles. The largest absolute Gasteiger partial charge is 0.336 e. The molecule has 178 valence electrons. The first-order valence-electron chi connectivity index (χ1n) is 12.0. The lowest BCUT2D eigenvalue weighted by Crippen LogP contribution is -2.38. The number of carbonyl (C=O) groups is 1. The number of rotatable bonds is 7. The molecule has 3 heterocycles. The van der Waals surface area contributed by atoms with Crippen LogP contribution in [0.4, 0.5) is 9.18 Å². The average Bonchev–Trinajstić information content (AvgIpc) is 3.41. The molecule has 34 heavy (non-hydrogen) atoms. The molecule has 6 nitrogen and oxygen atoms in total. The maximum atomic E-state index is 13.6. The number of carbonyl (C=O) groups excluding carboxylic acids is 1. The van der Waals surface area contributed by atoms with E-state index in [9.17, 15) is 9.18 Å². The Hall–Kier alpha value is -3.16. The molecule has 1 fully saturated rings. The highest BCUT2D eigenvalue weighted by molar-refractivity contribution is 5.95. The Kier molecular flexibility index (Phi) is 6.39. The molecule has 3 aromatic rings. The van der Waals surface area contributed by atoms with E-state index in [0.29, 0.717) is 0 Å². The third kappa shape index (κ3) is 4.72. The predicted octanol–water partition coefficient (Wildman–Crippen LogP) is 3.95. The summed E-state index contributed by atoms with van der Waals surface area (Å²) >= 11 is 0. The molecule has 2 aromatic carbocycles. The first-order chi connectivity index (χ1) is 16.5. The zero-order chi connectivity index (χ0) is 23.7. The van der Waals surface area contributed by atoms with Gasteiger partial charge in [-0.1, -0.05) is 12.1 Å². The molecule has 1 N–H and O–H groups in total. The smallest absolute Gasteiger partial charge is 0.317 e. The van der Waals surface area contributed by atoms with Crippen molar-refractivity contribution >= 4 is 22.5 Å². The average molecular weight is 462 g/mol. The van der Waals surface area contributed by atoms with Crippen LogP contribution in [0.1, 0.15) is 17.5 Å². The number of amides is 2. The van der Waals surface area contributed by atoms with Crippen molar-refractivity contribution in [3.63, 3.8) is 0 Å². The predicted molar refractivity (Wildman–Crippen MR) is 135 cm³/mol. The Bertz CT molecular complexity index is 1210.